The fraction of sp³-hybridized carbons (Fsp3) is 0.938. The lowest BCUT2D eigenvalue weighted by Crippen LogP contribution is -2.58. The van der Waals surface area contributed by atoms with Crippen molar-refractivity contribution in [2.75, 3.05) is 39.8 Å². The molecule has 1 amide bonds. The molecule has 1 aliphatic heterocycles. The summed E-state index contributed by atoms with van der Waals surface area (Å²) >= 11 is 0. The zero-order valence-electron chi connectivity index (χ0n) is 13.2. The van der Waals surface area contributed by atoms with Gasteiger partial charge >= 0.3 is 0 Å². The summed E-state index contributed by atoms with van der Waals surface area (Å²) in [7, 11) is 2.18. The number of amides is 1. The van der Waals surface area contributed by atoms with E-state index >= 15 is 0 Å². The van der Waals surface area contributed by atoms with E-state index in [-0.39, 0.29) is 5.54 Å². The molecule has 2 atom stereocenters. The van der Waals surface area contributed by atoms with Gasteiger partial charge in [-0.25, -0.2) is 0 Å². The van der Waals surface area contributed by atoms with E-state index in [2.05, 4.69) is 36.0 Å². The second kappa shape index (κ2) is 5.30. The normalized spacial score (nSPS) is 34.9. The highest BCUT2D eigenvalue weighted by molar-refractivity contribution is 5.79. The van der Waals surface area contributed by atoms with Crippen molar-refractivity contribution in [1.82, 2.24) is 15.1 Å². The number of hydrogen-bond acceptors (Lipinski definition) is 3. The van der Waals surface area contributed by atoms with Gasteiger partial charge in [-0.1, -0.05) is 0 Å². The molecule has 0 aromatic carbocycles. The lowest BCUT2D eigenvalue weighted by Gasteiger charge is -2.43. The number of likely N-dealkylation sites (N-methyl/N-ethyl adjacent to an activating group) is 1. The van der Waals surface area contributed by atoms with Gasteiger partial charge in [0, 0.05) is 44.2 Å². The average Bonchev–Trinajstić information content (AvgIpc) is 3.03. The minimum atomic E-state index is 0.0679. The molecule has 1 N–H and O–H groups in total. The van der Waals surface area contributed by atoms with Gasteiger partial charge in [0.05, 0.1) is 0 Å². The first-order valence-electron chi connectivity index (χ1n) is 8.17. The smallest absolute Gasteiger partial charge is 0.223 e. The van der Waals surface area contributed by atoms with Gasteiger partial charge < -0.3 is 10.2 Å². The van der Waals surface area contributed by atoms with Crippen LogP contribution in [-0.2, 0) is 4.79 Å². The van der Waals surface area contributed by atoms with Gasteiger partial charge in [0.1, 0.15) is 0 Å². The third kappa shape index (κ3) is 3.01. The number of nitrogens with zero attached hydrogens (tertiary/aromatic N) is 2. The summed E-state index contributed by atoms with van der Waals surface area (Å²) in [6.07, 6.45) is 3.67. The highest BCUT2D eigenvalue weighted by Gasteiger charge is 2.48. The Morgan fingerprint density at radius 3 is 2.30 bits per heavy atom. The van der Waals surface area contributed by atoms with Crippen molar-refractivity contribution in [3.05, 3.63) is 0 Å². The molecule has 2 saturated carbocycles. The topological polar surface area (TPSA) is 35.6 Å². The molecule has 2 aliphatic carbocycles. The van der Waals surface area contributed by atoms with Crippen LogP contribution >= 0.6 is 0 Å². The van der Waals surface area contributed by atoms with Crippen LogP contribution in [-0.4, -0.2) is 61.0 Å². The number of carbonyl (C=O) groups is 1. The fourth-order valence-electron chi connectivity index (χ4n) is 3.90. The van der Waals surface area contributed by atoms with Crippen LogP contribution in [0.15, 0.2) is 0 Å². The summed E-state index contributed by atoms with van der Waals surface area (Å²) < 4.78 is 0. The van der Waals surface area contributed by atoms with E-state index in [1.165, 1.54) is 6.42 Å². The minimum Gasteiger partial charge on any atom is -0.354 e. The Bertz CT molecular complexity index is 364. The Kier molecular flexibility index (Phi) is 3.80. The van der Waals surface area contributed by atoms with Crippen LogP contribution in [0.1, 0.15) is 33.1 Å². The van der Waals surface area contributed by atoms with Crippen LogP contribution in [0.4, 0.5) is 0 Å². The first-order valence-corrected chi connectivity index (χ1v) is 8.17. The van der Waals surface area contributed by atoms with Crippen molar-refractivity contribution in [3.8, 4) is 0 Å². The summed E-state index contributed by atoms with van der Waals surface area (Å²) in [5.41, 5.74) is 0.0679. The van der Waals surface area contributed by atoms with Gasteiger partial charge in [-0.2, -0.15) is 0 Å². The first kappa shape index (κ1) is 14.3. The van der Waals surface area contributed by atoms with Crippen molar-refractivity contribution in [1.29, 1.82) is 0 Å². The molecular formula is C16H29N3O. The standard InChI is InChI=1S/C16H29N3O/c1-16(2,19-6-4-18(3)5-7-19)11-17-15(20)14-9-12-8-13(12)10-14/h12-14H,4-11H2,1-3H3,(H,17,20). The molecule has 3 rings (SSSR count). The van der Waals surface area contributed by atoms with Gasteiger partial charge in [-0.3, -0.25) is 9.69 Å². The highest BCUT2D eigenvalue weighted by Crippen LogP contribution is 2.54. The number of fused-ring (bicyclic) bond motifs is 1. The van der Waals surface area contributed by atoms with Crippen LogP contribution in [0.25, 0.3) is 0 Å². The average molecular weight is 279 g/mol. The second-order valence-corrected chi connectivity index (χ2v) is 7.74. The number of carbonyl (C=O) groups excluding carboxylic acids is 1. The molecule has 4 heteroatoms. The SMILES string of the molecule is CN1CCN(C(C)(C)CNC(=O)C2CC3CC3C2)CC1. The molecule has 1 saturated heterocycles. The predicted octanol–water partition coefficient (Wildman–Crippen LogP) is 1.17. The van der Waals surface area contributed by atoms with Crippen molar-refractivity contribution in [3.63, 3.8) is 0 Å². The van der Waals surface area contributed by atoms with E-state index in [4.69, 9.17) is 0 Å². The molecule has 0 spiro atoms. The fourth-order valence-corrected chi connectivity index (χ4v) is 3.90. The van der Waals surface area contributed by atoms with E-state index in [1.807, 2.05) is 0 Å². The van der Waals surface area contributed by atoms with Crippen LogP contribution in [0.2, 0.25) is 0 Å². The maximum atomic E-state index is 12.3. The van der Waals surface area contributed by atoms with Crippen molar-refractivity contribution >= 4 is 5.91 Å². The Balaban J connectivity index is 1.45. The molecule has 1 heterocycles. The molecule has 0 aromatic rings. The number of piperazine rings is 1. The third-order valence-corrected chi connectivity index (χ3v) is 5.67. The number of nitrogens with one attached hydrogen (secondary N) is 1. The van der Waals surface area contributed by atoms with E-state index in [1.54, 1.807) is 0 Å². The number of rotatable bonds is 4. The molecule has 0 aromatic heterocycles. The Morgan fingerprint density at radius 2 is 1.70 bits per heavy atom. The molecule has 114 valence electrons. The van der Waals surface area contributed by atoms with Crippen LogP contribution < -0.4 is 5.32 Å². The highest BCUT2D eigenvalue weighted by atomic mass is 16.1. The molecule has 0 radical (unpaired) electrons. The summed E-state index contributed by atoms with van der Waals surface area (Å²) in [5.74, 6) is 2.38. The monoisotopic (exact) mass is 279 g/mol. The van der Waals surface area contributed by atoms with Gasteiger partial charge in [-0.15, -0.1) is 0 Å². The van der Waals surface area contributed by atoms with Crippen LogP contribution in [0.3, 0.4) is 0 Å². The number of hydrogen-bond donors (Lipinski definition) is 1. The molecule has 3 aliphatic rings. The van der Waals surface area contributed by atoms with Crippen molar-refractivity contribution < 1.29 is 4.79 Å². The first-order chi connectivity index (χ1) is 9.45. The molecular weight excluding hydrogens is 250 g/mol. The third-order valence-electron chi connectivity index (χ3n) is 5.67. The zero-order chi connectivity index (χ0) is 14.3. The minimum absolute atomic E-state index is 0.0679. The maximum Gasteiger partial charge on any atom is 0.223 e. The van der Waals surface area contributed by atoms with Crippen molar-refractivity contribution in [2.45, 2.75) is 38.6 Å². The lowest BCUT2D eigenvalue weighted by molar-refractivity contribution is -0.125. The van der Waals surface area contributed by atoms with E-state index in [0.717, 1.165) is 57.4 Å². The molecule has 3 fully saturated rings. The van der Waals surface area contributed by atoms with Gasteiger partial charge in [-0.05, 0) is 52.0 Å². The molecule has 2 unspecified atom stereocenters. The summed E-state index contributed by atoms with van der Waals surface area (Å²) in [6, 6.07) is 0. The Labute approximate surface area is 122 Å². The Morgan fingerprint density at radius 1 is 1.10 bits per heavy atom. The van der Waals surface area contributed by atoms with Crippen LogP contribution in [0, 0.1) is 17.8 Å². The predicted molar refractivity (Wildman–Crippen MR) is 80.5 cm³/mol. The zero-order valence-corrected chi connectivity index (χ0v) is 13.2. The van der Waals surface area contributed by atoms with E-state index in [0.29, 0.717) is 11.8 Å². The largest absolute Gasteiger partial charge is 0.354 e. The van der Waals surface area contributed by atoms with Crippen molar-refractivity contribution in [2.24, 2.45) is 17.8 Å². The van der Waals surface area contributed by atoms with Gasteiger partial charge in [0.25, 0.3) is 0 Å². The Hall–Kier alpha value is -0.610. The molecule has 0 bridgehead atoms. The maximum absolute atomic E-state index is 12.3. The summed E-state index contributed by atoms with van der Waals surface area (Å²) in [6.45, 7) is 9.75. The molecule has 4 nitrogen and oxygen atoms in total. The van der Waals surface area contributed by atoms with Gasteiger partial charge in [0.2, 0.25) is 5.91 Å². The lowest BCUT2D eigenvalue weighted by atomic mass is 9.99. The summed E-state index contributed by atoms with van der Waals surface area (Å²) in [5, 5.41) is 3.22. The van der Waals surface area contributed by atoms with E-state index in [9.17, 15) is 4.79 Å². The van der Waals surface area contributed by atoms with Crippen LogP contribution in [0.5, 0.6) is 0 Å². The van der Waals surface area contributed by atoms with E-state index < -0.39 is 0 Å². The molecule has 20 heavy (non-hydrogen) atoms. The van der Waals surface area contributed by atoms with Gasteiger partial charge in [0.15, 0.2) is 0 Å². The second-order valence-electron chi connectivity index (χ2n) is 7.74. The summed E-state index contributed by atoms with van der Waals surface area (Å²) in [4.78, 5) is 17.1. The quantitative estimate of drug-likeness (QED) is 0.839.